The number of aromatic nitrogens is 3. The summed E-state index contributed by atoms with van der Waals surface area (Å²) < 4.78 is 55.0. The molecule has 4 aromatic rings. The summed E-state index contributed by atoms with van der Waals surface area (Å²) in [6.45, 7) is 3.01. The average Bonchev–Trinajstić information content (AvgIpc) is 3.48. The van der Waals surface area contributed by atoms with Crippen molar-refractivity contribution in [3.63, 3.8) is 0 Å². The van der Waals surface area contributed by atoms with Gasteiger partial charge in [-0.05, 0) is 36.8 Å². The first-order valence-electron chi connectivity index (χ1n) is 12.7. The normalized spacial score (nSPS) is 17.7. The zero-order chi connectivity index (χ0) is 28.0. The Morgan fingerprint density at radius 1 is 1.21 bits per heavy atom. The maximum Gasteiger partial charge on any atom is 0.387 e. The van der Waals surface area contributed by atoms with E-state index in [1.54, 1.807) is 25.2 Å². The summed E-state index contributed by atoms with van der Waals surface area (Å²) in [5, 5.41) is 0. The second-order valence-electron chi connectivity index (χ2n) is 9.00. The number of pyridine rings is 1. The molecule has 0 bridgehead atoms. The Morgan fingerprint density at radius 2 is 1.97 bits per heavy atom. The van der Waals surface area contributed by atoms with E-state index in [1.165, 1.54) is 33.9 Å². The molecule has 4 heterocycles. The van der Waals surface area contributed by atoms with E-state index in [2.05, 4.69) is 9.97 Å². The third-order valence-corrected chi connectivity index (χ3v) is 6.89. The van der Waals surface area contributed by atoms with Gasteiger partial charge in [0.2, 0.25) is 0 Å². The van der Waals surface area contributed by atoms with Gasteiger partial charge >= 0.3 is 6.61 Å². The fourth-order valence-electron chi connectivity index (χ4n) is 5.15. The van der Waals surface area contributed by atoms with Crippen molar-refractivity contribution in [2.45, 2.75) is 45.9 Å². The predicted octanol–water partition coefficient (Wildman–Crippen LogP) is 5.78. The number of nitrogens with two attached hydrogens (primary N) is 1. The zero-order valence-electron chi connectivity index (χ0n) is 21.9. The Morgan fingerprint density at radius 3 is 2.69 bits per heavy atom. The molecular formula is C28H28F3N5O3. The fourth-order valence-corrected chi connectivity index (χ4v) is 5.15. The Balaban J connectivity index is 0.00000151. The molecule has 8 nitrogen and oxygen atoms in total. The molecular weight excluding hydrogens is 511 g/mol. The van der Waals surface area contributed by atoms with Crippen LogP contribution in [-0.4, -0.2) is 45.6 Å². The van der Waals surface area contributed by atoms with Gasteiger partial charge in [-0.2, -0.15) is 8.78 Å². The van der Waals surface area contributed by atoms with Gasteiger partial charge in [-0.1, -0.05) is 26.8 Å². The largest absolute Gasteiger partial charge is 0.490 e. The summed E-state index contributed by atoms with van der Waals surface area (Å²) in [7, 11) is 1.61. The van der Waals surface area contributed by atoms with Crippen LogP contribution < -0.4 is 15.2 Å². The highest BCUT2D eigenvalue weighted by molar-refractivity contribution is 6.01. The van der Waals surface area contributed by atoms with E-state index in [0.29, 0.717) is 34.8 Å². The van der Waals surface area contributed by atoms with Crippen LogP contribution in [0.4, 0.5) is 13.2 Å². The minimum Gasteiger partial charge on any atom is -0.490 e. The van der Waals surface area contributed by atoms with E-state index in [-0.39, 0.29) is 40.7 Å². The van der Waals surface area contributed by atoms with Crippen LogP contribution in [-0.2, 0) is 0 Å². The van der Waals surface area contributed by atoms with E-state index in [0.717, 1.165) is 0 Å². The summed E-state index contributed by atoms with van der Waals surface area (Å²) in [6, 6.07) is 8.31. The molecule has 2 unspecified atom stereocenters. The molecule has 2 aromatic carbocycles. The van der Waals surface area contributed by atoms with Gasteiger partial charge in [0.1, 0.15) is 35.1 Å². The van der Waals surface area contributed by atoms with Crippen molar-refractivity contribution in [2.24, 2.45) is 5.73 Å². The number of fused-ring (bicyclic) bond motifs is 6. The van der Waals surface area contributed by atoms with Crippen LogP contribution >= 0.6 is 0 Å². The number of para-hydroxylation sites is 1. The summed E-state index contributed by atoms with van der Waals surface area (Å²) in [6.07, 6.45) is 1.98. The van der Waals surface area contributed by atoms with Crippen molar-refractivity contribution < 1.29 is 27.4 Å². The third-order valence-electron chi connectivity index (χ3n) is 6.89. The number of rotatable bonds is 4. The highest BCUT2D eigenvalue weighted by Gasteiger charge is 2.36. The third kappa shape index (κ3) is 4.17. The number of alkyl halides is 2. The van der Waals surface area contributed by atoms with Gasteiger partial charge in [-0.15, -0.1) is 0 Å². The molecule has 0 aliphatic carbocycles. The van der Waals surface area contributed by atoms with Gasteiger partial charge in [0.25, 0.3) is 5.91 Å². The van der Waals surface area contributed by atoms with E-state index < -0.39 is 24.4 Å². The van der Waals surface area contributed by atoms with E-state index in [1.807, 2.05) is 20.8 Å². The van der Waals surface area contributed by atoms with Gasteiger partial charge in [0.15, 0.2) is 11.6 Å². The molecule has 11 heteroatoms. The molecule has 2 aliphatic rings. The van der Waals surface area contributed by atoms with Gasteiger partial charge in [0, 0.05) is 24.4 Å². The lowest BCUT2D eigenvalue weighted by Crippen LogP contribution is -2.30. The molecule has 0 fully saturated rings. The summed E-state index contributed by atoms with van der Waals surface area (Å²) in [5.74, 6) is -0.487. The number of benzene rings is 2. The number of imidazole rings is 1. The Hall–Kier alpha value is -4.12. The quantitative estimate of drug-likeness (QED) is 0.353. The maximum absolute atomic E-state index is 16.4. The van der Waals surface area contributed by atoms with Gasteiger partial charge < -0.3 is 20.1 Å². The summed E-state index contributed by atoms with van der Waals surface area (Å²) in [5.41, 5.74) is 7.71. The molecule has 0 radical (unpaired) electrons. The van der Waals surface area contributed by atoms with Gasteiger partial charge in [-0.3, -0.25) is 14.3 Å². The van der Waals surface area contributed by atoms with Crippen LogP contribution in [0.15, 0.2) is 42.6 Å². The molecule has 2 N–H and O–H groups in total. The van der Waals surface area contributed by atoms with Crippen molar-refractivity contribution in [3.8, 4) is 28.3 Å². The summed E-state index contributed by atoms with van der Waals surface area (Å²) >= 11 is 0. The highest BCUT2D eigenvalue weighted by Crippen LogP contribution is 2.42. The van der Waals surface area contributed by atoms with Crippen LogP contribution in [0.25, 0.3) is 27.8 Å². The number of carbonyl (C=O) groups excluding carboxylic acids is 1. The zero-order valence-corrected chi connectivity index (χ0v) is 21.9. The molecule has 2 aliphatic heterocycles. The second-order valence-corrected chi connectivity index (χ2v) is 9.00. The number of hydrogen-bond acceptors (Lipinski definition) is 6. The number of carbonyl (C=O) groups is 1. The van der Waals surface area contributed by atoms with Crippen LogP contribution in [0.5, 0.6) is 11.5 Å². The van der Waals surface area contributed by atoms with Crippen LogP contribution in [0.1, 0.15) is 61.2 Å². The smallest absolute Gasteiger partial charge is 0.387 e. The van der Waals surface area contributed by atoms with E-state index >= 15 is 4.39 Å². The van der Waals surface area contributed by atoms with Crippen LogP contribution in [0.2, 0.25) is 0 Å². The highest BCUT2D eigenvalue weighted by atomic mass is 19.3. The molecule has 2 atom stereocenters. The van der Waals surface area contributed by atoms with E-state index in [9.17, 15) is 13.6 Å². The Kier molecular flexibility index (Phi) is 6.94. The molecule has 0 spiro atoms. The lowest BCUT2D eigenvalue weighted by Gasteiger charge is -2.24. The first-order valence-corrected chi connectivity index (χ1v) is 12.7. The standard InChI is InChI=1S/C26H22F3N5O3.C2H6/c1-3-17-24-32-16-8-7-13(12-9-19-21(31-10-12)15(30)11-36-19)20(27)23(16)34(24)22-14(25(35)33(17)2)5-4-6-18(22)37-26(28)29;1-2/h4-10,15,17,26H,3,11,30H2,1-2H3;1-2H3. The van der Waals surface area contributed by atoms with Crippen molar-refractivity contribution in [1.82, 2.24) is 19.4 Å². The van der Waals surface area contributed by atoms with Crippen molar-refractivity contribution in [2.75, 3.05) is 13.7 Å². The number of ether oxygens (including phenoxy) is 2. The fraction of sp³-hybridized carbons (Fsp3) is 0.321. The minimum atomic E-state index is -3.15. The number of amides is 1. The molecule has 204 valence electrons. The number of halogens is 3. The SMILES string of the molecule is CC.CCC1c2nc3ccc(-c4cnc5c(c4)OCC5N)c(F)c3n2-c2c(OC(F)F)cccc2C(=O)N1C. The molecule has 2 aromatic heterocycles. The lowest BCUT2D eigenvalue weighted by atomic mass is 10.0. The summed E-state index contributed by atoms with van der Waals surface area (Å²) in [4.78, 5) is 23.9. The second kappa shape index (κ2) is 10.2. The Labute approximate surface area is 223 Å². The minimum absolute atomic E-state index is 0.0190. The molecule has 0 saturated carbocycles. The molecule has 6 rings (SSSR count). The van der Waals surface area contributed by atoms with E-state index in [4.69, 9.17) is 15.2 Å². The molecule has 39 heavy (non-hydrogen) atoms. The Bertz CT molecular complexity index is 1570. The molecule has 0 saturated heterocycles. The lowest BCUT2D eigenvalue weighted by molar-refractivity contribution is -0.0498. The average molecular weight is 540 g/mol. The van der Waals surface area contributed by atoms with Crippen molar-refractivity contribution >= 4 is 16.9 Å². The first-order chi connectivity index (χ1) is 18.8. The molecule has 1 amide bonds. The topological polar surface area (TPSA) is 95.5 Å². The van der Waals surface area contributed by atoms with Crippen LogP contribution in [0, 0.1) is 5.82 Å². The van der Waals surface area contributed by atoms with Gasteiger partial charge in [0.05, 0.1) is 23.2 Å². The first kappa shape index (κ1) is 26.5. The van der Waals surface area contributed by atoms with Crippen molar-refractivity contribution in [3.05, 3.63) is 65.5 Å². The maximum atomic E-state index is 16.4. The van der Waals surface area contributed by atoms with Gasteiger partial charge in [-0.25, -0.2) is 9.37 Å². The van der Waals surface area contributed by atoms with Crippen molar-refractivity contribution in [1.29, 1.82) is 0 Å². The number of nitrogens with zero attached hydrogens (tertiary/aromatic N) is 4. The predicted molar refractivity (Wildman–Crippen MR) is 140 cm³/mol. The van der Waals surface area contributed by atoms with Crippen LogP contribution in [0.3, 0.4) is 0 Å². The number of hydrogen-bond donors (Lipinski definition) is 1. The monoisotopic (exact) mass is 539 g/mol.